The van der Waals surface area contributed by atoms with E-state index in [0.717, 1.165) is 6.42 Å². The van der Waals surface area contributed by atoms with Gasteiger partial charge in [0.25, 0.3) is 0 Å². The van der Waals surface area contributed by atoms with E-state index in [1.807, 2.05) is 20.8 Å². The van der Waals surface area contributed by atoms with Gasteiger partial charge in [-0.2, -0.15) is 0 Å². The molecule has 5 nitrogen and oxygen atoms in total. The Labute approximate surface area is 96.7 Å². The van der Waals surface area contributed by atoms with Crippen molar-refractivity contribution in [3.8, 4) is 0 Å². The first-order valence-corrected chi connectivity index (χ1v) is 5.57. The van der Waals surface area contributed by atoms with Gasteiger partial charge in [0.2, 0.25) is 5.91 Å². The van der Waals surface area contributed by atoms with Crippen molar-refractivity contribution in [2.24, 2.45) is 11.7 Å². The Kier molecular flexibility index (Phi) is 6.72. The van der Waals surface area contributed by atoms with E-state index in [2.05, 4.69) is 10.1 Å². The van der Waals surface area contributed by atoms with Gasteiger partial charge in [0, 0.05) is 0 Å². The molecule has 94 valence electrons. The van der Waals surface area contributed by atoms with Crippen molar-refractivity contribution in [3.63, 3.8) is 0 Å². The molecule has 0 aromatic heterocycles. The predicted octanol–water partition coefficient (Wildman–Crippen LogP) is 0.428. The summed E-state index contributed by atoms with van der Waals surface area (Å²) >= 11 is 0. The van der Waals surface area contributed by atoms with Crippen LogP contribution in [0.15, 0.2) is 0 Å². The van der Waals surface area contributed by atoms with Gasteiger partial charge in [-0.05, 0) is 12.3 Å². The third-order valence-corrected chi connectivity index (χ3v) is 2.36. The van der Waals surface area contributed by atoms with E-state index in [1.54, 1.807) is 0 Å². The number of ether oxygens (including phenoxy) is 1. The summed E-state index contributed by atoms with van der Waals surface area (Å²) in [5.74, 6) is -0.761. The summed E-state index contributed by atoms with van der Waals surface area (Å²) in [4.78, 5) is 23.0. The van der Waals surface area contributed by atoms with Crippen molar-refractivity contribution in [1.82, 2.24) is 5.32 Å². The summed E-state index contributed by atoms with van der Waals surface area (Å²) in [6, 6.07) is -1.18. The Morgan fingerprint density at radius 1 is 1.38 bits per heavy atom. The lowest BCUT2D eigenvalue weighted by atomic mass is 10.0. The molecule has 1 amide bonds. The Morgan fingerprint density at radius 3 is 2.31 bits per heavy atom. The fourth-order valence-corrected chi connectivity index (χ4v) is 1.33. The number of methoxy groups -OCH3 is 1. The molecule has 5 heteroatoms. The lowest BCUT2D eigenvalue weighted by Gasteiger charge is -2.21. The highest BCUT2D eigenvalue weighted by atomic mass is 16.5. The molecule has 16 heavy (non-hydrogen) atoms. The van der Waals surface area contributed by atoms with Gasteiger partial charge in [-0.1, -0.05) is 27.2 Å². The molecule has 2 atom stereocenters. The van der Waals surface area contributed by atoms with Crippen LogP contribution in [0.2, 0.25) is 0 Å². The van der Waals surface area contributed by atoms with E-state index in [-0.39, 0.29) is 11.8 Å². The van der Waals surface area contributed by atoms with Crippen molar-refractivity contribution >= 4 is 11.9 Å². The topological polar surface area (TPSA) is 81.4 Å². The molecule has 0 heterocycles. The third-order valence-electron chi connectivity index (χ3n) is 2.36. The molecule has 0 saturated carbocycles. The molecule has 0 aromatic rings. The first-order valence-electron chi connectivity index (χ1n) is 5.57. The largest absolute Gasteiger partial charge is 0.467 e. The summed E-state index contributed by atoms with van der Waals surface area (Å²) in [6.07, 6.45) is 1.44. The maximum atomic E-state index is 11.6. The van der Waals surface area contributed by atoms with Crippen LogP contribution in [0.3, 0.4) is 0 Å². The minimum Gasteiger partial charge on any atom is -0.467 e. The normalized spacial score (nSPS) is 14.4. The molecule has 0 rings (SSSR count). The maximum absolute atomic E-state index is 11.6. The third kappa shape index (κ3) is 4.61. The predicted molar refractivity (Wildman–Crippen MR) is 61.7 cm³/mol. The first kappa shape index (κ1) is 14.9. The van der Waals surface area contributed by atoms with Crippen LogP contribution in [0, 0.1) is 5.92 Å². The summed E-state index contributed by atoms with van der Waals surface area (Å²) in [7, 11) is 1.30. The molecule has 0 radical (unpaired) electrons. The van der Waals surface area contributed by atoms with E-state index in [9.17, 15) is 9.59 Å². The smallest absolute Gasteiger partial charge is 0.328 e. The molecular formula is C11H22N2O3. The first-order chi connectivity index (χ1) is 7.43. The van der Waals surface area contributed by atoms with Crippen LogP contribution in [0.1, 0.15) is 33.6 Å². The van der Waals surface area contributed by atoms with Crippen LogP contribution >= 0.6 is 0 Å². The maximum Gasteiger partial charge on any atom is 0.328 e. The van der Waals surface area contributed by atoms with Gasteiger partial charge in [-0.25, -0.2) is 4.79 Å². The number of carbonyl (C=O) groups excluding carboxylic acids is 2. The van der Waals surface area contributed by atoms with Gasteiger partial charge < -0.3 is 15.8 Å². The minimum absolute atomic E-state index is 0.0229. The van der Waals surface area contributed by atoms with E-state index >= 15 is 0 Å². The summed E-state index contributed by atoms with van der Waals surface area (Å²) in [5, 5.41) is 2.61. The molecule has 0 bridgehead atoms. The highest BCUT2D eigenvalue weighted by Gasteiger charge is 2.26. The van der Waals surface area contributed by atoms with E-state index in [0.29, 0.717) is 6.42 Å². The van der Waals surface area contributed by atoms with Crippen LogP contribution in [-0.2, 0) is 14.3 Å². The number of amides is 1. The van der Waals surface area contributed by atoms with Gasteiger partial charge in [0.15, 0.2) is 0 Å². The zero-order chi connectivity index (χ0) is 12.7. The summed E-state index contributed by atoms with van der Waals surface area (Å²) in [5.41, 5.74) is 5.65. The van der Waals surface area contributed by atoms with Crippen LogP contribution in [-0.4, -0.2) is 31.1 Å². The second kappa shape index (κ2) is 7.22. The van der Waals surface area contributed by atoms with E-state index < -0.39 is 18.1 Å². The molecule has 0 aliphatic rings. The van der Waals surface area contributed by atoms with E-state index in [4.69, 9.17) is 5.73 Å². The Morgan fingerprint density at radius 2 is 1.94 bits per heavy atom. The number of hydrogen-bond acceptors (Lipinski definition) is 4. The average molecular weight is 230 g/mol. The number of carbonyl (C=O) groups is 2. The van der Waals surface area contributed by atoms with Crippen LogP contribution < -0.4 is 11.1 Å². The molecule has 1 unspecified atom stereocenters. The van der Waals surface area contributed by atoms with Crippen molar-refractivity contribution in [2.75, 3.05) is 7.11 Å². The minimum atomic E-state index is -0.625. The Balaban J connectivity index is 4.40. The number of nitrogens with one attached hydrogen (secondary N) is 1. The number of hydrogen-bond donors (Lipinski definition) is 2. The molecule has 3 N–H and O–H groups in total. The zero-order valence-electron chi connectivity index (χ0n) is 10.4. The van der Waals surface area contributed by atoms with Gasteiger partial charge in [0.05, 0.1) is 13.2 Å². The fourth-order valence-electron chi connectivity index (χ4n) is 1.33. The Hall–Kier alpha value is -1.10. The average Bonchev–Trinajstić information content (AvgIpc) is 2.24. The number of esters is 1. The molecule has 0 aliphatic heterocycles. The second-order valence-corrected chi connectivity index (χ2v) is 4.15. The summed E-state index contributed by atoms with van der Waals surface area (Å²) in [6.45, 7) is 5.63. The number of nitrogens with two attached hydrogens (primary N) is 1. The van der Waals surface area contributed by atoms with Gasteiger partial charge >= 0.3 is 5.97 Å². The zero-order valence-corrected chi connectivity index (χ0v) is 10.4. The number of rotatable bonds is 6. The standard InChI is InChI=1S/C11H22N2O3/c1-5-6-8(12)10(14)13-9(7(2)3)11(15)16-4/h7-9H,5-6,12H2,1-4H3,(H,13,14)/t8?,9-/m0/s1. The quantitative estimate of drug-likeness (QED) is 0.648. The monoisotopic (exact) mass is 230 g/mol. The van der Waals surface area contributed by atoms with E-state index in [1.165, 1.54) is 7.11 Å². The van der Waals surface area contributed by atoms with Gasteiger partial charge in [-0.3, -0.25) is 4.79 Å². The van der Waals surface area contributed by atoms with Crippen LogP contribution in [0.5, 0.6) is 0 Å². The van der Waals surface area contributed by atoms with Gasteiger partial charge in [-0.15, -0.1) is 0 Å². The van der Waals surface area contributed by atoms with Crippen LogP contribution in [0.25, 0.3) is 0 Å². The van der Waals surface area contributed by atoms with Crippen molar-refractivity contribution in [3.05, 3.63) is 0 Å². The molecule has 0 aromatic carbocycles. The molecule has 0 fully saturated rings. The SMILES string of the molecule is CCCC(N)C(=O)N[C@H](C(=O)OC)C(C)C. The lowest BCUT2D eigenvalue weighted by molar-refractivity contribution is -0.146. The molecule has 0 saturated heterocycles. The fraction of sp³-hybridized carbons (Fsp3) is 0.818. The second-order valence-electron chi connectivity index (χ2n) is 4.15. The van der Waals surface area contributed by atoms with Crippen molar-refractivity contribution in [2.45, 2.75) is 45.7 Å². The van der Waals surface area contributed by atoms with Crippen molar-refractivity contribution < 1.29 is 14.3 Å². The summed E-state index contributed by atoms with van der Waals surface area (Å²) < 4.78 is 4.62. The Bertz CT molecular complexity index is 241. The van der Waals surface area contributed by atoms with Crippen molar-refractivity contribution in [1.29, 1.82) is 0 Å². The highest BCUT2D eigenvalue weighted by molar-refractivity contribution is 5.87. The lowest BCUT2D eigenvalue weighted by Crippen LogP contribution is -2.50. The molecule has 0 aliphatic carbocycles. The molecule has 0 spiro atoms. The molecular weight excluding hydrogens is 208 g/mol. The van der Waals surface area contributed by atoms with Crippen LogP contribution in [0.4, 0.5) is 0 Å². The van der Waals surface area contributed by atoms with Gasteiger partial charge in [0.1, 0.15) is 6.04 Å². The highest BCUT2D eigenvalue weighted by Crippen LogP contribution is 2.04.